The van der Waals surface area contributed by atoms with Crippen molar-refractivity contribution in [2.45, 2.75) is 6.54 Å². The lowest BCUT2D eigenvalue weighted by molar-refractivity contribution is 0.251. The molecule has 2 amide bonds. The van der Waals surface area contributed by atoms with E-state index in [0.29, 0.717) is 17.8 Å². The molecule has 2 N–H and O–H groups in total. The van der Waals surface area contributed by atoms with Crippen LogP contribution in [0.25, 0.3) is 0 Å². The van der Waals surface area contributed by atoms with Crippen LogP contribution in [0.1, 0.15) is 22.3 Å². The van der Waals surface area contributed by atoms with Crippen molar-refractivity contribution in [1.82, 2.24) is 5.32 Å². The summed E-state index contributed by atoms with van der Waals surface area (Å²) in [7, 11) is 0. The predicted octanol–water partition coefficient (Wildman–Crippen LogP) is 4.28. The number of anilines is 1. The van der Waals surface area contributed by atoms with Crippen LogP contribution in [0.15, 0.2) is 78.9 Å². The summed E-state index contributed by atoms with van der Waals surface area (Å²) in [5.41, 5.74) is 3.86. The molecule has 130 valence electrons. The molecular formula is C23H17N3O. The normalized spacial score (nSPS) is 9.44. The Morgan fingerprint density at radius 1 is 0.815 bits per heavy atom. The van der Waals surface area contributed by atoms with Gasteiger partial charge in [-0.3, -0.25) is 0 Å². The smallest absolute Gasteiger partial charge is 0.319 e. The number of benzene rings is 3. The van der Waals surface area contributed by atoms with E-state index in [0.717, 1.165) is 16.7 Å². The number of hydrogen-bond acceptors (Lipinski definition) is 2. The third-order valence-corrected chi connectivity index (χ3v) is 3.75. The van der Waals surface area contributed by atoms with Gasteiger partial charge in [0.25, 0.3) is 0 Å². The second-order valence-electron chi connectivity index (χ2n) is 5.82. The molecule has 3 rings (SSSR count). The zero-order chi connectivity index (χ0) is 18.9. The van der Waals surface area contributed by atoms with Gasteiger partial charge in [-0.15, -0.1) is 0 Å². The number of nitrogens with one attached hydrogen (secondary N) is 2. The minimum Gasteiger partial charge on any atom is -0.334 e. The first-order valence-electron chi connectivity index (χ1n) is 8.44. The Labute approximate surface area is 158 Å². The standard InChI is InChI=1S/C23H17N3O/c24-16-20-9-4-10-21(14-20)17-25-23(27)26-22-11-5-8-19(15-22)13-12-18-6-2-1-3-7-18/h1-11,14-15H,17H2,(H2,25,26,27). The van der Waals surface area contributed by atoms with Gasteiger partial charge < -0.3 is 10.6 Å². The molecule has 4 nitrogen and oxygen atoms in total. The molecule has 27 heavy (non-hydrogen) atoms. The van der Waals surface area contributed by atoms with Crippen LogP contribution >= 0.6 is 0 Å². The highest BCUT2D eigenvalue weighted by atomic mass is 16.2. The maximum absolute atomic E-state index is 12.1. The maximum Gasteiger partial charge on any atom is 0.319 e. The van der Waals surface area contributed by atoms with Crippen molar-refractivity contribution < 1.29 is 4.79 Å². The summed E-state index contributed by atoms with van der Waals surface area (Å²) in [6.45, 7) is 0.342. The van der Waals surface area contributed by atoms with Crippen LogP contribution in [-0.2, 0) is 6.54 Å². The Morgan fingerprint density at radius 2 is 1.52 bits per heavy atom. The van der Waals surface area contributed by atoms with Gasteiger partial charge in [-0.1, -0.05) is 48.2 Å². The molecule has 0 unspecified atom stereocenters. The number of hydrogen-bond donors (Lipinski definition) is 2. The second kappa shape index (κ2) is 8.89. The first kappa shape index (κ1) is 17.8. The van der Waals surface area contributed by atoms with Crippen LogP contribution in [-0.4, -0.2) is 6.03 Å². The molecular weight excluding hydrogens is 334 g/mol. The number of nitrogens with zero attached hydrogens (tertiary/aromatic N) is 1. The molecule has 0 heterocycles. The fourth-order valence-electron chi connectivity index (χ4n) is 2.45. The third kappa shape index (κ3) is 5.49. The number of urea groups is 1. The maximum atomic E-state index is 12.1. The molecule has 4 heteroatoms. The molecule has 0 radical (unpaired) electrons. The van der Waals surface area contributed by atoms with Gasteiger partial charge in [0.05, 0.1) is 11.6 Å². The van der Waals surface area contributed by atoms with E-state index in [-0.39, 0.29) is 6.03 Å². The highest BCUT2D eigenvalue weighted by Crippen LogP contribution is 2.10. The van der Waals surface area contributed by atoms with Crippen molar-refractivity contribution in [3.05, 3.63) is 101 Å². The molecule has 3 aromatic rings. The highest BCUT2D eigenvalue weighted by Gasteiger charge is 2.03. The van der Waals surface area contributed by atoms with E-state index in [9.17, 15) is 4.79 Å². The number of amides is 2. The Kier molecular flexibility index (Phi) is 5.86. The van der Waals surface area contributed by atoms with E-state index in [2.05, 4.69) is 28.5 Å². The van der Waals surface area contributed by atoms with Crippen molar-refractivity contribution in [3.63, 3.8) is 0 Å². The Morgan fingerprint density at radius 3 is 2.33 bits per heavy atom. The fraction of sp³-hybridized carbons (Fsp3) is 0.0435. The molecule has 0 saturated heterocycles. The first-order valence-corrected chi connectivity index (χ1v) is 8.44. The van der Waals surface area contributed by atoms with Crippen molar-refractivity contribution >= 4 is 11.7 Å². The van der Waals surface area contributed by atoms with Crippen LogP contribution in [0.3, 0.4) is 0 Å². The van der Waals surface area contributed by atoms with Crippen LogP contribution < -0.4 is 10.6 Å². The highest BCUT2D eigenvalue weighted by molar-refractivity contribution is 5.89. The Balaban J connectivity index is 1.60. The summed E-state index contributed by atoms with van der Waals surface area (Å²) in [5, 5.41) is 14.5. The molecule has 0 spiro atoms. The van der Waals surface area contributed by atoms with Gasteiger partial charge in [-0.25, -0.2) is 4.79 Å². The average molecular weight is 351 g/mol. The molecule has 0 fully saturated rings. The van der Waals surface area contributed by atoms with Gasteiger partial charge in [-0.05, 0) is 48.0 Å². The summed E-state index contributed by atoms with van der Waals surface area (Å²) in [4.78, 5) is 12.1. The lowest BCUT2D eigenvalue weighted by Gasteiger charge is -2.08. The molecule has 0 bridgehead atoms. The number of nitriles is 1. The van der Waals surface area contributed by atoms with E-state index in [4.69, 9.17) is 5.26 Å². The summed E-state index contributed by atoms with van der Waals surface area (Å²) < 4.78 is 0. The average Bonchev–Trinajstić information content (AvgIpc) is 2.72. The molecule has 0 atom stereocenters. The van der Waals surface area contributed by atoms with Crippen LogP contribution in [0, 0.1) is 23.2 Å². The number of carbonyl (C=O) groups is 1. The van der Waals surface area contributed by atoms with E-state index >= 15 is 0 Å². The monoisotopic (exact) mass is 351 g/mol. The quantitative estimate of drug-likeness (QED) is 0.692. The van der Waals surface area contributed by atoms with E-state index in [1.54, 1.807) is 18.2 Å². The van der Waals surface area contributed by atoms with Gasteiger partial charge in [-0.2, -0.15) is 5.26 Å². The largest absolute Gasteiger partial charge is 0.334 e. The molecule has 0 saturated carbocycles. The fourth-order valence-corrected chi connectivity index (χ4v) is 2.45. The lowest BCUT2D eigenvalue weighted by Crippen LogP contribution is -2.28. The Bertz CT molecular complexity index is 1040. The summed E-state index contributed by atoms with van der Waals surface area (Å²) in [6, 6.07) is 26.0. The number of carbonyl (C=O) groups excluding carboxylic acids is 1. The minimum atomic E-state index is -0.314. The molecule has 0 aliphatic rings. The summed E-state index contributed by atoms with van der Waals surface area (Å²) in [5.74, 6) is 6.19. The van der Waals surface area contributed by atoms with Gasteiger partial charge >= 0.3 is 6.03 Å². The molecule has 0 aromatic heterocycles. The van der Waals surface area contributed by atoms with E-state index in [1.807, 2.05) is 60.7 Å². The SMILES string of the molecule is N#Cc1cccc(CNC(=O)Nc2cccc(C#Cc3ccccc3)c2)c1. The molecule has 0 aliphatic carbocycles. The lowest BCUT2D eigenvalue weighted by atomic mass is 10.1. The van der Waals surface area contributed by atoms with Crippen molar-refractivity contribution in [2.24, 2.45) is 0 Å². The third-order valence-electron chi connectivity index (χ3n) is 3.75. The van der Waals surface area contributed by atoms with Crippen molar-refractivity contribution in [2.75, 3.05) is 5.32 Å². The van der Waals surface area contributed by atoms with Gasteiger partial charge in [0.1, 0.15) is 0 Å². The summed E-state index contributed by atoms with van der Waals surface area (Å²) >= 11 is 0. The van der Waals surface area contributed by atoms with Gasteiger partial charge in [0.2, 0.25) is 0 Å². The zero-order valence-electron chi connectivity index (χ0n) is 14.6. The zero-order valence-corrected chi connectivity index (χ0v) is 14.6. The first-order chi connectivity index (χ1) is 13.2. The predicted molar refractivity (Wildman–Crippen MR) is 106 cm³/mol. The van der Waals surface area contributed by atoms with Gasteiger partial charge in [0, 0.05) is 23.4 Å². The minimum absolute atomic E-state index is 0.314. The van der Waals surface area contributed by atoms with Crippen LogP contribution in [0.5, 0.6) is 0 Å². The summed E-state index contributed by atoms with van der Waals surface area (Å²) in [6.07, 6.45) is 0. The molecule has 0 aliphatic heterocycles. The van der Waals surface area contributed by atoms with E-state index in [1.165, 1.54) is 0 Å². The van der Waals surface area contributed by atoms with Crippen molar-refractivity contribution in [3.8, 4) is 17.9 Å². The van der Waals surface area contributed by atoms with Gasteiger partial charge in [0.15, 0.2) is 0 Å². The van der Waals surface area contributed by atoms with Crippen LogP contribution in [0.2, 0.25) is 0 Å². The van der Waals surface area contributed by atoms with Crippen LogP contribution in [0.4, 0.5) is 10.5 Å². The van der Waals surface area contributed by atoms with E-state index < -0.39 is 0 Å². The topological polar surface area (TPSA) is 64.9 Å². The molecule has 3 aromatic carbocycles. The van der Waals surface area contributed by atoms with Crippen molar-refractivity contribution in [1.29, 1.82) is 5.26 Å². The Hall–Kier alpha value is -4.02. The second-order valence-corrected chi connectivity index (χ2v) is 5.82. The number of rotatable bonds is 3.